The van der Waals surface area contributed by atoms with Crippen molar-refractivity contribution in [2.45, 2.75) is 6.92 Å². The summed E-state index contributed by atoms with van der Waals surface area (Å²) in [5.74, 6) is 0.868. The van der Waals surface area contributed by atoms with Gasteiger partial charge >= 0.3 is 0 Å². The maximum Gasteiger partial charge on any atom is 0.170 e. The van der Waals surface area contributed by atoms with Crippen LogP contribution in [0.4, 0.5) is 0 Å². The normalized spacial score (nSPS) is 17.2. The molecule has 1 fully saturated rings. The molecule has 0 heterocycles. The smallest absolute Gasteiger partial charge is 0.170 e. The zero-order chi connectivity index (χ0) is 9.97. The third kappa shape index (κ3) is 1.72. The van der Waals surface area contributed by atoms with E-state index in [1.807, 2.05) is 56.9 Å². The number of carbonyl (C=O) groups is 1. The van der Waals surface area contributed by atoms with Crippen molar-refractivity contribution in [3.05, 3.63) is 67.0 Å². The summed E-state index contributed by atoms with van der Waals surface area (Å²) >= 11 is 0. The number of hydrogen-bond acceptors (Lipinski definition) is 1. The van der Waals surface area contributed by atoms with Crippen LogP contribution in [0.25, 0.3) is 0 Å². The molecular weight excluding hydrogens is 172 g/mol. The Morgan fingerprint density at radius 3 is 2.36 bits per heavy atom. The van der Waals surface area contributed by atoms with Crippen molar-refractivity contribution in [3.63, 3.8) is 0 Å². The van der Waals surface area contributed by atoms with Crippen molar-refractivity contribution in [3.8, 4) is 0 Å². The first kappa shape index (κ1) is 9.45. The fourth-order valence-corrected chi connectivity index (χ4v) is 1.51. The van der Waals surface area contributed by atoms with Gasteiger partial charge in [-0.2, -0.15) is 0 Å². The Labute approximate surface area is 85.1 Å². The number of rotatable bonds is 2. The standard InChI is InChI=1S/C13H11O/c1-10-6-2-5-9-12(10)13(14)11-7-3-4-8-11/h2-9H,1H3. The Morgan fingerprint density at radius 2 is 1.71 bits per heavy atom. The zero-order valence-electron chi connectivity index (χ0n) is 8.03. The highest BCUT2D eigenvalue weighted by atomic mass is 16.1. The number of Topliss-reactive ketones (excluding diaryl/α,β-unsaturated/α-hetero) is 1. The van der Waals surface area contributed by atoms with Gasteiger partial charge in [0.05, 0.1) is 5.92 Å². The van der Waals surface area contributed by atoms with Crippen molar-refractivity contribution in [2.75, 3.05) is 0 Å². The Balaban J connectivity index is 2.22. The molecule has 0 atom stereocenters. The van der Waals surface area contributed by atoms with Crippen LogP contribution in [0, 0.1) is 38.5 Å². The van der Waals surface area contributed by atoms with Gasteiger partial charge in [0, 0.05) is 5.56 Å². The highest BCUT2D eigenvalue weighted by molar-refractivity contribution is 6.10. The van der Waals surface area contributed by atoms with Gasteiger partial charge in [0.15, 0.2) is 5.78 Å². The molecule has 0 saturated heterocycles. The quantitative estimate of drug-likeness (QED) is 0.644. The predicted molar refractivity (Wildman–Crippen MR) is 56.0 cm³/mol. The molecule has 1 aliphatic rings. The average molecular weight is 183 g/mol. The van der Waals surface area contributed by atoms with E-state index < -0.39 is 0 Å². The SMILES string of the molecule is Cc1ccccc1C(=O)[C]1[CH][CH][CH][CH]1. The maximum absolute atomic E-state index is 11.9. The average Bonchev–Trinajstić information content (AvgIpc) is 2.70. The summed E-state index contributed by atoms with van der Waals surface area (Å²) < 4.78 is 0. The number of benzene rings is 1. The third-order valence-corrected chi connectivity index (χ3v) is 2.31. The first-order valence-corrected chi connectivity index (χ1v) is 4.61. The largest absolute Gasteiger partial charge is 0.293 e. The molecule has 1 heteroatoms. The Hall–Kier alpha value is -1.11. The Morgan fingerprint density at radius 1 is 1.07 bits per heavy atom. The molecule has 0 N–H and O–H groups in total. The summed E-state index contributed by atoms with van der Waals surface area (Å²) in [6.07, 6.45) is 7.44. The predicted octanol–water partition coefficient (Wildman–Crippen LogP) is 2.58. The van der Waals surface area contributed by atoms with E-state index >= 15 is 0 Å². The van der Waals surface area contributed by atoms with Crippen LogP contribution in [0.1, 0.15) is 15.9 Å². The lowest BCUT2D eigenvalue weighted by Crippen LogP contribution is -2.11. The molecule has 5 radical (unpaired) electrons. The lowest BCUT2D eigenvalue weighted by molar-refractivity contribution is 0.101. The molecule has 1 aromatic rings. The third-order valence-electron chi connectivity index (χ3n) is 2.31. The number of hydrogen-bond donors (Lipinski definition) is 0. The van der Waals surface area contributed by atoms with Crippen molar-refractivity contribution in [1.29, 1.82) is 0 Å². The second kappa shape index (κ2) is 3.95. The van der Waals surface area contributed by atoms with E-state index in [4.69, 9.17) is 0 Å². The summed E-state index contributed by atoms with van der Waals surface area (Å²) in [5.41, 5.74) is 1.82. The number of carbonyl (C=O) groups excluding carboxylic acids is 1. The summed E-state index contributed by atoms with van der Waals surface area (Å²) in [6.45, 7) is 1.95. The minimum absolute atomic E-state index is 0.105. The molecule has 2 rings (SSSR count). The van der Waals surface area contributed by atoms with Gasteiger partial charge in [-0.05, 0) is 38.2 Å². The zero-order valence-corrected chi connectivity index (χ0v) is 8.03. The van der Waals surface area contributed by atoms with Crippen LogP contribution in [-0.4, -0.2) is 5.78 Å². The molecule has 14 heavy (non-hydrogen) atoms. The van der Waals surface area contributed by atoms with E-state index in [1.165, 1.54) is 0 Å². The van der Waals surface area contributed by atoms with Crippen molar-refractivity contribution in [2.24, 2.45) is 0 Å². The molecule has 1 nitrogen and oxygen atoms in total. The summed E-state index contributed by atoms with van der Waals surface area (Å²) in [7, 11) is 0. The van der Waals surface area contributed by atoms with E-state index in [1.54, 1.807) is 0 Å². The lowest BCUT2D eigenvalue weighted by atomic mass is 9.93. The maximum atomic E-state index is 11.9. The van der Waals surface area contributed by atoms with Gasteiger partial charge in [-0.3, -0.25) is 4.79 Å². The molecule has 0 amide bonds. The van der Waals surface area contributed by atoms with E-state index in [-0.39, 0.29) is 5.78 Å². The van der Waals surface area contributed by atoms with Crippen LogP contribution in [0.5, 0.6) is 0 Å². The van der Waals surface area contributed by atoms with Crippen LogP contribution >= 0.6 is 0 Å². The first-order valence-electron chi connectivity index (χ1n) is 4.61. The molecule has 0 aliphatic heterocycles. The minimum atomic E-state index is 0.105. The fraction of sp³-hybridized carbons (Fsp3) is 0.0769. The van der Waals surface area contributed by atoms with E-state index in [0.717, 1.165) is 17.0 Å². The fourth-order valence-electron chi connectivity index (χ4n) is 1.51. The van der Waals surface area contributed by atoms with E-state index in [2.05, 4.69) is 0 Å². The van der Waals surface area contributed by atoms with Crippen LogP contribution in [0.15, 0.2) is 24.3 Å². The van der Waals surface area contributed by atoms with Gasteiger partial charge in [-0.15, -0.1) is 0 Å². The van der Waals surface area contributed by atoms with Crippen LogP contribution in [0.3, 0.4) is 0 Å². The van der Waals surface area contributed by atoms with Crippen molar-refractivity contribution >= 4 is 5.78 Å². The second-order valence-corrected chi connectivity index (χ2v) is 3.32. The van der Waals surface area contributed by atoms with Gasteiger partial charge in [-0.1, -0.05) is 24.3 Å². The highest BCUT2D eigenvalue weighted by Gasteiger charge is 2.25. The Kier molecular flexibility index (Phi) is 2.67. The molecule has 0 unspecified atom stereocenters. The topological polar surface area (TPSA) is 17.1 Å². The van der Waals surface area contributed by atoms with Crippen LogP contribution < -0.4 is 0 Å². The van der Waals surface area contributed by atoms with Gasteiger partial charge in [0.1, 0.15) is 0 Å². The summed E-state index contributed by atoms with van der Waals surface area (Å²) in [4.78, 5) is 11.9. The molecule has 1 aromatic carbocycles. The van der Waals surface area contributed by atoms with Crippen LogP contribution in [0.2, 0.25) is 0 Å². The highest BCUT2D eigenvalue weighted by Crippen LogP contribution is 2.27. The number of aryl methyl sites for hydroxylation is 1. The van der Waals surface area contributed by atoms with Gasteiger partial charge in [0.2, 0.25) is 0 Å². The van der Waals surface area contributed by atoms with Gasteiger partial charge in [-0.25, -0.2) is 0 Å². The molecule has 0 aromatic heterocycles. The van der Waals surface area contributed by atoms with Crippen molar-refractivity contribution < 1.29 is 4.79 Å². The Bertz CT molecular complexity index is 335. The van der Waals surface area contributed by atoms with Gasteiger partial charge in [0.25, 0.3) is 0 Å². The lowest BCUT2D eigenvalue weighted by Gasteiger charge is -2.08. The van der Waals surface area contributed by atoms with Crippen molar-refractivity contribution in [1.82, 2.24) is 0 Å². The molecule has 1 saturated carbocycles. The molecule has 1 aliphatic carbocycles. The second-order valence-electron chi connectivity index (χ2n) is 3.32. The van der Waals surface area contributed by atoms with E-state index in [9.17, 15) is 4.79 Å². The first-order chi connectivity index (χ1) is 6.79. The summed E-state index contributed by atoms with van der Waals surface area (Å²) in [6, 6.07) is 7.65. The van der Waals surface area contributed by atoms with Gasteiger partial charge < -0.3 is 0 Å². The monoisotopic (exact) mass is 183 g/mol. The molecule has 0 spiro atoms. The molecular formula is C13H11O. The van der Waals surface area contributed by atoms with E-state index in [0.29, 0.717) is 0 Å². The number of ketones is 1. The molecule has 0 bridgehead atoms. The van der Waals surface area contributed by atoms with Crippen LogP contribution in [-0.2, 0) is 0 Å². The summed E-state index contributed by atoms with van der Waals surface area (Å²) in [5, 5.41) is 0. The molecule has 69 valence electrons. The minimum Gasteiger partial charge on any atom is -0.293 e.